The van der Waals surface area contributed by atoms with Crippen LogP contribution < -0.4 is 4.74 Å². The molecule has 0 spiro atoms. The molecule has 0 bridgehead atoms. The first kappa shape index (κ1) is 19.8. The number of unbranched alkanes of at least 4 members (excludes halogenated alkanes) is 1. The summed E-state index contributed by atoms with van der Waals surface area (Å²) in [6.07, 6.45) is 7.03. The monoisotopic (exact) mass is 376 g/mol. The summed E-state index contributed by atoms with van der Waals surface area (Å²) in [5.74, 6) is -1.74. The van der Waals surface area contributed by atoms with Gasteiger partial charge in [0.25, 0.3) is 0 Å². The van der Waals surface area contributed by atoms with Crippen molar-refractivity contribution >= 4 is 0 Å². The third-order valence-corrected chi connectivity index (χ3v) is 5.61. The molecule has 1 saturated carbocycles. The van der Waals surface area contributed by atoms with Crippen LogP contribution in [0.5, 0.6) is 5.75 Å². The Morgan fingerprint density at radius 2 is 1.74 bits per heavy atom. The second-order valence-corrected chi connectivity index (χ2v) is 7.43. The Bertz CT molecular complexity index is 787. The van der Waals surface area contributed by atoms with Gasteiger partial charge >= 0.3 is 0 Å². The largest absolute Gasteiger partial charge is 0.491 e. The molecule has 146 valence electrons. The van der Waals surface area contributed by atoms with Crippen LogP contribution in [-0.4, -0.2) is 6.61 Å². The van der Waals surface area contributed by atoms with E-state index in [2.05, 4.69) is 6.92 Å². The number of halogens is 3. The molecule has 4 heteroatoms. The van der Waals surface area contributed by atoms with Crippen LogP contribution in [0.3, 0.4) is 0 Å². The predicted molar refractivity (Wildman–Crippen MR) is 103 cm³/mol. The summed E-state index contributed by atoms with van der Waals surface area (Å²) in [5, 5.41) is 0. The van der Waals surface area contributed by atoms with E-state index in [9.17, 15) is 13.2 Å². The number of hydrogen-bond acceptors (Lipinski definition) is 1. The minimum absolute atomic E-state index is 0.0766. The zero-order valence-corrected chi connectivity index (χ0v) is 16.0. The highest BCUT2D eigenvalue weighted by Crippen LogP contribution is 2.41. The molecule has 1 aliphatic carbocycles. The van der Waals surface area contributed by atoms with Crippen molar-refractivity contribution in [2.24, 2.45) is 5.92 Å². The lowest BCUT2D eigenvalue weighted by atomic mass is 9.92. The second-order valence-electron chi connectivity index (χ2n) is 7.43. The number of ether oxygens (including phenoxy) is 1. The molecule has 0 heterocycles. The number of hydrogen-bond donors (Lipinski definition) is 0. The summed E-state index contributed by atoms with van der Waals surface area (Å²) < 4.78 is 48.3. The molecule has 1 fully saturated rings. The van der Waals surface area contributed by atoms with Crippen molar-refractivity contribution in [3.8, 4) is 16.9 Å². The average Bonchev–Trinajstić information content (AvgIpc) is 3.13. The Morgan fingerprint density at radius 1 is 0.963 bits per heavy atom. The minimum atomic E-state index is -1.08. The van der Waals surface area contributed by atoms with Crippen molar-refractivity contribution in [3.05, 3.63) is 53.3 Å². The molecule has 0 aromatic heterocycles. The molecular formula is C23H27F3O. The van der Waals surface area contributed by atoms with E-state index in [1.54, 1.807) is 13.0 Å². The van der Waals surface area contributed by atoms with Crippen LogP contribution >= 0.6 is 0 Å². The summed E-state index contributed by atoms with van der Waals surface area (Å²) in [7, 11) is 0. The van der Waals surface area contributed by atoms with E-state index in [0.29, 0.717) is 5.92 Å². The summed E-state index contributed by atoms with van der Waals surface area (Å²) in [6.45, 7) is 4.13. The van der Waals surface area contributed by atoms with Crippen LogP contribution in [0.1, 0.15) is 63.9 Å². The molecule has 0 aliphatic heterocycles. The topological polar surface area (TPSA) is 9.23 Å². The van der Waals surface area contributed by atoms with Crippen molar-refractivity contribution in [2.75, 3.05) is 6.61 Å². The van der Waals surface area contributed by atoms with E-state index in [1.807, 2.05) is 6.07 Å². The zero-order valence-electron chi connectivity index (χ0n) is 16.0. The third kappa shape index (κ3) is 4.31. The van der Waals surface area contributed by atoms with Gasteiger partial charge in [-0.3, -0.25) is 0 Å². The quantitative estimate of drug-likeness (QED) is 0.495. The van der Waals surface area contributed by atoms with Crippen LogP contribution in [0.4, 0.5) is 13.2 Å². The maximum Gasteiger partial charge on any atom is 0.201 e. The summed E-state index contributed by atoms with van der Waals surface area (Å²) in [4.78, 5) is 0. The Morgan fingerprint density at radius 3 is 2.44 bits per heavy atom. The van der Waals surface area contributed by atoms with Gasteiger partial charge in [0.15, 0.2) is 11.6 Å². The van der Waals surface area contributed by atoms with E-state index in [4.69, 9.17) is 4.74 Å². The fourth-order valence-electron chi connectivity index (χ4n) is 4.14. The van der Waals surface area contributed by atoms with Gasteiger partial charge in [-0.15, -0.1) is 0 Å². The third-order valence-electron chi connectivity index (χ3n) is 5.61. The van der Waals surface area contributed by atoms with E-state index in [-0.39, 0.29) is 23.5 Å². The minimum Gasteiger partial charge on any atom is -0.491 e. The van der Waals surface area contributed by atoms with Crippen molar-refractivity contribution in [1.29, 1.82) is 0 Å². The first-order valence-electron chi connectivity index (χ1n) is 9.95. The van der Waals surface area contributed by atoms with Gasteiger partial charge in [-0.05, 0) is 61.8 Å². The SMILES string of the molecule is CCCCC1CCC(c2ccc(-c3ccc(OCC)c(F)c3F)c(F)c2)C1. The van der Waals surface area contributed by atoms with Crippen LogP contribution in [0.25, 0.3) is 11.1 Å². The van der Waals surface area contributed by atoms with Crippen molar-refractivity contribution in [1.82, 2.24) is 0 Å². The Hall–Kier alpha value is -1.97. The fourth-order valence-corrected chi connectivity index (χ4v) is 4.14. The molecule has 27 heavy (non-hydrogen) atoms. The molecule has 0 N–H and O–H groups in total. The smallest absolute Gasteiger partial charge is 0.201 e. The van der Waals surface area contributed by atoms with Gasteiger partial charge in [-0.1, -0.05) is 38.3 Å². The molecule has 2 atom stereocenters. The van der Waals surface area contributed by atoms with E-state index in [0.717, 1.165) is 24.3 Å². The number of rotatable bonds is 7. The normalized spacial score (nSPS) is 19.4. The van der Waals surface area contributed by atoms with Gasteiger partial charge in [-0.2, -0.15) is 4.39 Å². The van der Waals surface area contributed by atoms with Crippen LogP contribution in [0.15, 0.2) is 30.3 Å². The summed E-state index contributed by atoms with van der Waals surface area (Å²) in [5.41, 5.74) is 0.966. The first-order valence-corrected chi connectivity index (χ1v) is 9.95. The first-order chi connectivity index (χ1) is 13.0. The van der Waals surface area contributed by atoms with Crippen molar-refractivity contribution in [2.45, 2.75) is 58.3 Å². The van der Waals surface area contributed by atoms with Gasteiger partial charge in [0.05, 0.1) is 6.61 Å². The lowest BCUT2D eigenvalue weighted by Crippen LogP contribution is -2.00. The van der Waals surface area contributed by atoms with Gasteiger partial charge in [-0.25, -0.2) is 8.78 Å². The van der Waals surface area contributed by atoms with Crippen LogP contribution in [-0.2, 0) is 0 Å². The molecule has 2 aromatic rings. The summed E-state index contributed by atoms with van der Waals surface area (Å²) >= 11 is 0. The van der Waals surface area contributed by atoms with Crippen molar-refractivity contribution in [3.63, 3.8) is 0 Å². The molecule has 0 radical (unpaired) electrons. The predicted octanol–water partition coefficient (Wildman–Crippen LogP) is 7.24. The molecule has 0 amide bonds. The fraction of sp³-hybridized carbons (Fsp3) is 0.478. The zero-order chi connectivity index (χ0) is 19.4. The van der Waals surface area contributed by atoms with Crippen LogP contribution in [0, 0.1) is 23.4 Å². The van der Waals surface area contributed by atoms with E-state index >= 15 is 0 Å². The lowest BCUT2D eigenvalue weighted by Gasteiger charge is -2.14. The lowest BCUT2D eigenvalue weighted by molar-refractivity contribution is 0.314. The Kier molecular flexibility index (Phi) is 6.46. The Balaban J connectivity index is 1.81. The van der Waals surface area contributed by atoms with Crippen LogP contribution in [0.2, 0.25) is 0 Å². The molecule has 1 nitrogen and oxygen atoms in total. The van der Waals surface area contributed by atoms with E-state index < -0.39 is 17.5 Å². The average molecular weight is 376 g/mol. The second kappa shape index (κ2) is 8.81. The molecular weight excluding hydrogens is 349 g/mol. The van der Waals surface area contributed by atoms with Gasteiger partial charge in [0.2, 0.25) is 5.82 Å². The molecule has 3 rings (SSSR count). The molecule has 2 aromatic carbocycles. The maximum atomic E-state index is 14.7. The molecule has 0 saturated heterocycles. The maximum absolute atomic E-state index is 14.7. The van der Waals surface area contributed by atoms with E-state index in [1.165, 1.54) is 43.9 Å². The highest BCUT2D eigenvalue weighted by atomic mass is 19.2. The van der Waals surface area contributed by atoms with Gasteiger partial charge in [0.1, 0.15) is 5.82 Å². The molecule has 2 unspecified atom stereocenters. The number of benzene rings is 2. The Labute approximate surface area is 159 Å². The summed E-state index contributed by atoms with van der Waals surface area (Å²) in [6, 6.07) is 7.65. The van der Waals surface area contributed by atoms with Gasteiger partial charge < -0.3 is 4.74 Å². The van der Waals surface area contributed by atoms with Crippen molar-refractivity contribution < 1.29 is 17.9 Å². The highest BCUT2D eigenvalue weighted by Gasteiger charge is 2.26. The highest BCUT2D eigenvalue weighted by molar-refractivity contribution is 5.66. The van der Waals surface area contributed by atoms with Gasteiger partial charge in [0, 0.05) is 11.1 Å². The molecule has 1 aliphatic rings. The standard InChI is InChI=1S/C23H27F3O/c1-3-5-6-15-7-8-16(13-15)17-9-10-18(20(24)14-17)19-11-12-21(27-4-2)23(26)22(19)25/h9-12,14-16H,3-8,13H2,1-2H3.